The normalized spacial score (nSPS) is 17.3. The number of amides is 2. The summed E-state index contributed by atoms with van der Waals surface area (Å²) in [7, 11) is 0. The number of rotatable bonds is 8. The number of hydrogen-bond acceptors (Lipinski definition) is 5. The van der Waals surface area contributed by atoms with Crippen LogP contribution in [0, 0.1) is 5.92 Å². The molecule has 1 heterocycles. The van der Waals surface area contributed by atoms with Gasteiger partial charge in [0.15, 0.2) is 0 Å². The van der Waals surface area contributed by atoms with Crippen LogP contribution in [0.25, 0.3) is 11.1 Å². The number of hydrogen-bond donors (Lipinski definition) is 3. The number of benzene rings is 2. The first-order valence-electron chi connectivity index (χ1n) is 12.1. The van der Waals surface area contributed by atoms with E-state index in [2.05, 4.69) is 17.4 Å². The summed E-state index contributed by atoms with van der Waals surface area (Å²) in [6, 6.07) is 15.0. The highest BCUT2D eigenvalue weighted by Crippen LogP contribution is 2.44. The lowest BCUT2D eigenvalue weighted by Gasteiger charge is -2.35. The zero-order valence-corrected chi connectivity index (χ0v) is 19.9. The van der Waals surface area contributed by atoms with E-state index >= 15 is 0 Å². The van der Waals surface area contributed by atoms with Gasteiger partial charge in [-0.1, -0.05) is 48.5 Å². The van der Waals surface area contributed by atoms with E-state index in [4.69, 9.17) is 9.84 Å². The Bertz CT molecular complexity index is 1030. The van der Waals surface area contributed by atoms with Crippen molar-refractivity contribution in [1.82, 2.24) is 10.2 Å². The Kier molecular flexibility index (Phi) is 7.70. The molecule has 2 unspecified atom stereocenters. The highest BCUT2D eigenvalue weighted by molar-refractivity contribution is 5.86. The number of carboxylic acid groups (broad SMARTS) is 1. The van der Waals surface area contributed by atoms with E-state index < -0.39 is 24.2 Å². The standard InChI is InChI=1S/C27H32N2O6/c1-17(30)18-12-14-29(15-13-18)26(33)24(10-11-25(31)32)28-27(34)35-16-23-21-8-4-2-6-19(21)20-7-3-5-9-22(20)23/h2-9,17-18,23-24,30H,10-16H2,1H3,(H,28,34)(H,31,32). The molecule has 1 saturated heterocycles. The lowest BCUT2D eigenvalue weighted by molar-refractivity contribution is -0.138. The number of nitrogens with zero attached hydrogens (tertiary/aromatic N) is 1. The van der Waals surface area contributed by atoms with E-state index in [0.717, 1.165) is 22.3 Å². The van der Waals surface area contributed by atoms with Crippen molar-refractivity contribution < 1.29 is 29.3 Å². The topological polar surface area (TPSA) is 116 Å². The molecule has 4 rings (SSSR count). The van der Waals surface area contributed by atoms with Gasteiger partial charge in [-0.05, 0) is 54.4 Å². The number of piperidine rings is 1. The maximum Gasteiger partial charge on any atom is 0.407 e. The highest BCUT2D eigenvalue weighted by atomic mass is 16.5. The van der Waals surface area contributed by atoms with Crippen LogP contribution in [0.4, 0.5) is 4.79 Å². The summed E-state index contributed by atoms with van der Waals surface area (Å²) in [5.41, 5.74) is 4.40. The van der Waals surface area contributed by atoms with E-state index in [1.54, 1.807) is 11.8 Å². The summed E-state index contributed by atoms with van der Waals surface area (Å²) in [4.78, 5) is 38.6. The predicted molar refractivity (Wildman–Crippen MR) is 130 cm³/mol. The van der Waals surface area contributed by atoms with Crippen LogP contribution in [0.2, 0.25) is 0 Å². The quantitative estimate of drug-likeness (QED) is 0.533. The van der Waals surface area contributed by atoms with E-state index in [-0.39, 0.29) is 37.2 Å². The van der Waals surface area contributed by atoms with E-state index in [9.17, 15) is 19.5 Å². The Morgan fingerprint density at radius 2 is 1.60 bits per heavy atom. The van der Waals surface area contributed by atoms with Crippen LogP contribution in [0.1, 0.15) is 49.7 Å². The van der Waals surface area contributed by atoms with Gasteiger partial charge in [0.1, 0.15) is 12.6 Å². The number of aliphatic hydroxyl groups excluding tert-OH is 1. The summed E-state index contributed by atoms with van der Waals surface area (Å²) >= 11 is 0. The second-order valence-electron chi connectivity index (χ2n) is 9.36. The molecule has 3 N–H and O–H groups in total. The molecule has 0 saturated carbocycles. The van der Waals surface area contributed by atoms with Crippen molar-refractivity contribution in [2.75, 3.05) is 19.7 Å². The Labute approximate surface area is 204 Å². The molecule has 0 bridgehead atoms. The van der Waals surface area contributed by atoms with Gasteiger partial charge in [-0.2, -0.15) is 0 Å². The third-order valence-electron chi connectivity index (χ3n) is 7.11. The van der Waals surface area contributed by atoms with Crippen LogP contribution in [0.15, 0.2) is 48.5 Å². The molecule has 8 nitrogen and oxygen atoms in total. The van der Waals surface area contributed by atoms with Crippen molar-refractivity contribution in [2.45, 2.75) is 50.7 Å². The van der Waals surface area contributed by atoms with Gasteiger partial charge in [0, 0.05) is 25.4 Å². The van der Waals surface area contributed by atoms with E-state index in [1.807, 2.05) is 36.4 Å². The second kappa shape index (κ2) is 10.9. The number of nitrogens with one attached hydrogen (secondary N) is 1. The fourth-order valence-electron chi connectivity index (χ4n) is 5.13. The molecule has 0 aromatic heterocycles. The van der Waals surface area contributed by atoms with Crippen molar-refractivity contribution >= 4 is 18.0 Å². The van der Waals surface area contributed by atoms with Crippen molar-refractivity contribution in [3.8, 4) is 11.1 Å². The Hall–Kier alpha value is -3.39. The lowest BCUT2D eigenvalue weighted by Crippen LogP contribution is -2.51. The van der Waals surface area contributed by atoms with Gasteiger partial charge in [0.25, 0.3) is 0 Å². The summed E-state index contributed by atoms with van der Waals surface area (Å²) in [5, 5.41) is 21.5. The minimum Gasteiger partial charge on any atom is -0.481 e. The summed E-state index contributed by atoms with van der Waals surface area (Å²) in [6.07, 6.45) is -0.109. The second-order valence-corrected chi connectivity index (χ2v) is 9.36. The number of likely N-dealkylation sites (tertiary alicyclic amines) is 1. The molecular formula is C27H32N2O6. The van der Waals surface area contributed by atoms with E-state index in [0.29, 0.717) is 25.9 Å². The maximum absolute atomic E-state index is 13.1. The minimum atomic E-state index is -1.04. The number of carbonyl (C=O) groups excluding carboxylic acids is 2. The molecule has 2 amide bonds. The number of carboxylic acids is 1. The Morgan fingerprint density at radius 3 is 2.14 bits per heavy atom. The summed E-state index contributed by atoms with van der Waals surface area (Å²) in [6.45, 7) is 2.78. The van der Waals surface area contributed by atoms with Gasteiger partial charge in [0.05, 0.1) is 6.10 Å². The van der Waals surface area contributed by atoms with Crippen LogP contribution in [0.3, 0.4) is 0 Å². The highest BCUT2D eigenvalue weighted by Gasteiger charge is 2.32. The van der Waals surface area contributed by atoms with Crippen LogP contribution in [0.5, 0.6) is 0 Å². The van der Waals surface area contributed by atoms with Crippen molar-refractivity contribution in [1.29, 1.82) is 0 Å². The van der Waals surface area contributed by atoms with Gasteiger partial charge in [0.2, 0.25) is 5.91 Å². The largest absolute Gasteiger partial charge is 0.481 e. The molecule has 8 heteroatoms. The fourth-order valence-corrected chi connectivity index (χ4v) is 5.13. The fraction of sp³-hybridized carbons (Fsp3) is 0.444. The van der Waals surface area contributed by atoms with Crippen molar-refractivity contribution in [3.05, 3.63) is 59.7 Å². The summed E-state index contributed by atoms with van der Waals surface area (Å²) in [5.74, 6) is -1.33. The van der Waals surface area contributed by atoms with Gasteiger partial charge in [-0.3, -0.25) is 9.59 Å². The van der Waals surface area contributed by atoms with Crippen LogP contribution >= 0.6 is 0 Å². The zero-order valence-electron chi connectivity index (χ0n) is 19.9. The molecule has 2 aromatic carbocycles. The molecule has 0 spiro atoms. The smallest absolute Gasteiger partial charge is 0.407 e. The van der Waals surface area contributed by atoms with Crippen LogP contribution < -0.4 is 5.32 Å². The SMILES string of the molecule is CC(O)C1CCN(C(=O)C(CCC(=O)O)NC(=O)OCC2c3ccccc3-c3ccccc32)CC1. The molecule has 1 aliphatic carbocycles. The molecule has 0 radical (unpaired) electrons. The Morgan fingerprint density at radius 1 is 1.03 bits per heavy atom. The van der Waals surface area contributed by atoms with Crippen LogP contribution in [-0.2, 0) is 14.3 Å². The zero-order chi connectivity index (χ0) is 24.9. The maximum atomic E-state index is 13.1. The third kappa shape index (κ3) is 5.65. The summed E-state index contributed by atoms with van der Waals surface area (Å²) < 4.78 is 5.56. The molecule has 1 aliphatic heterocycles. The van der Waals surface area contributed by atoms with E-state index in [1.165, 1.54) is 0 Å². The predicted octanol–water partition coefficient (Wildman–Crippen LogP) is 3.38. The van der Waals surface area contributed by atoms with Gasteiger partial charge in [-0.25, -0.2) is 4.79 Å². The number of aliphatic carboxylic acids is 1. The third-order valence-corrected chi connectivity index (χ3v) is 7.11. The van der Waals surface area contributed by atoms with Gasteiger partial charge >= 0.3 is 12.1 Å². The average Bonchev–Trinajstić information content (AvgIpc) is 3.18. The number of alkyl carbamates (subject to hydrolysis) is 1. The Balaban J connectivity index is 1.39. The minimum absolute atomic E-state index is 0.0192. The van der Waals surface area contributed by atoms with Crippen molar-refractivity contribution in [3.63, 3.8) is 0 Å². The average molecular weight is 481 g/mol. The monoisotopic (exact) mass is 480 g/mol. The number of carbonyl (C=O) groups is 3. The molecule has 2 atom stereocenters. The molecule has 186 valence electrons. The number of ether oxygens (including phenoxy) is 1. The van der Waals surface area contributed by atoms with Crippen molar-refractivity contribution in [2.24, 2.45) is 5.92 Å². The first-order chi connectivity index (χ1) is 16.8. The molecule has 2 aliphatic rings. The number of aliphatic hydroxyl groups is 1. The molecular weight excluding hydrogens is 448 g/mol. The first kappa shape index (κ1) is 24.7. The van der Waals surface area contributed by atoms with Gasteiger partial charge < -0.3 is 25.2 Å². The molecule has 2 aromatic rings. The van der Waals surface area contributed by atoms with Crippen LogP contribution in [-0.4, -0.2) is 64.9 Å². The number of fused-ring (bicyclic) bond motifs is 3. The first-order valence-corrected chi connectivity index (χ1v) is 12.1. The van der Waals surface area contributed by atoms with Gasteiger partial charge in [-0.15, -0.1) is 0 Å². The lowest BCUT2D eigenvalue weighted by atomic mass is 9.92. The molecule has 1 fully saturated rings. The molecule has 35 heavy (non-hydrogen) atoms.